The Hall–Kier alpha value is -1.12. The highest BCUT2D eigenvalue weighted by Gasteiger charge is 2.13. The third-order valence-corrected chi connectivity index (χ3v) is 4.76. The van der Waals surface area contributed by atoms with E-state index in [4.69, 9.17) is 0 Å². The van der Waals surface area contributed by atoms with Gasteiger partial charge >= 0.3 is 0 Å². The van der Waals surface area contributed by atoms with Gasteiger partial charge in [-0.15, -0.1) is 11.3 Å². The standard InChI is InChI=1S/C18H25NS/c1-5-19-17(18-11-6-14(4)20-18)12-15-7-9-16(10-8-15)13(2)3/h6-11,13,17,19H,5,12H2,1-4H3. The third kappa shape index (κ3) is 3.94. The number of hydrogen-bond donors (Lipinski definition) is 1. The molecule has 0 saturated carbocycles. The maximum absolute atomic E-state index is 3.61. The highest BCUT2D eigenvalue weighted by Crippen LogP contribution is 2.26. The van der Waals surface area contributed by atoms with E-state index < -0.39 is 0 Å². The van der Waals surface area contributed by atoms with Gasteiger partial charge in [0.1, 0.15) is 0 Å². The molecule has 1 atom stereocenters. The van der Waals surface area contributed by atoms with E-state index in [1.165, 1.54) is 20.9 Å². The number of likely N-dealkylation sites (N-methyl/N-ethyl adjacent to an activating group) is 1. The van der Waals surface area contributed by atoms with Crippen molar-refractivity contribution >= 4 is 11.3 Å². The van der Waals surface area contributed by atoms with Gasteiger partial charge in [-0.05, 0) is 49.1 Å². The Morgan fingerprint density at radius 1 is 1.05 bits per heavy atom. The first-order chi connectivity index (χ1) is 9.60. The zero-order valence-electron chi connectivity index (χ0n) is 12.9. The molecule has 1 heterocycles. The second-order valence-electron chi connectivity index (χ2n) is 5.66. The summed E-state index contributed by atoms with van der Waals surface area (Å²) in [5.41, 5.74) is 2.83. The predicted octanol–water partition coefficient (Wildman–Crippen LogP) is 5.07. The van der Waals surface area contributed by atoms with Crippen LogP contribution in [-0.4, -0.2) is 6.54 Å². The minimum absolute atomic E-state index is 0.434. The zero-order valence-corrected chi connectivity index (χ0v) is 13.8. The van der Waals surface area contributed by atoms with E-state index in [0.29, 0.717) is 12.0 Å². The van der Waals surface area contributed by atoms with Crippen molar-refractivity contribution in [3.05, 3.63) is 57.3 Å². The lowest BCUT2D eigenvalue weighted by molar-refractivity contribution is 0.558. The van der Waals surface area contributed by atoms with Crippen LogP contribution in [0, 0.1) is 6.92 Å². The van der Waals surface area contributed by atoms with Gasteiger partial charge in [-0.3, -0.25) is 0 Å². The van der Waals surface area contributed by atoms with Crippen molar-refractivity contribution in [2.75, 3.05) is 6.54 Å². The minimum Gasteiger partial charge on any atom is -0.309 e. The summed E-state index contributed by atoms with van der Waals surface area (Å²) in [6.07, 6.45) is 1.06. The number of thiophene rings is 1. The molecule has 2 aromatic rings. The van der Waals surface area contributed by atoms with Gasteiger partial charge in [0, 0.05) is 15.8 Å². The Balaban J connectivity index is 2.11. The fourth-order valence-electron chi connectivity index (χ4n) is 2.43. The molecule has 0 aliphatic heterocycles. The van der Waals surface area contributed by atoms with Crippen LogP contribution < -0.4 is 5.32 Å². The molecular weight excluding hydrogens is 262 g/mol. The summed E-state index contributed by atoms with van der Waals surface area (Å²) in [6, 6.07) is 14.0. The molecule has 0 bridgehead atoms. The molecule has 0 saturated heterocycles. The molecular formula is C18H25NS. The summed E-state index contributed by atoms with van der Waals surface area (Å²) >= 11 is 1.90. The average molecular weight is 287 g/mol. The van der Waals surface area contributed by atoms with Crippen molar-refractivity contribution in [3.63, 3.8) is 0 Å². The van der Waals surface area contributed by atoms with Gasteiger partial charge in [0.25, 0.3) is 0 Å². The van der Waals surface area contributed by atoms with Gasteiger partial charge in [-0.2, -0.15) is 0 Å². The third-order valence-electron chi connectivity index (χ3n) is 3.64. The lowest BCUT2D eigenvalue weighted by Gasteiger charge is -2.17. The molecule has 1 aromatic carbocycles. The SMILES string of the molecule is CCNC(Cc1ccc(C(C)C)cc1)c1ccc(C)s1. The Bertz CT molecular complexity index is 525. The number of aryl methyl sites for hydroxylation is 1. The summed E-state index contributed by atoms with van der Waals surface area (Å²) in [4.78, 5) is 2.83. The smallest absolute Gasteiger partial charge is 0.0455 e. The van der Waals surface area contributed by atoms with E-state index in [0.717, 1.165) is 13.0 Å². The summed E-state index contributed by atoms with van der Waals surface area (Å²) in [7, 11) is 0. The molecule has 0 amide bonds. The Morgan fingerprint density at radius 2 is 1.75 bits per heavy atom. The van der Waals surface area contributed by atoms with Gasteiger partial charge in [0.05, 0.1) is 0 Å². The summed E-state index contributed by atoms with van der Waals surface area (Å²) in [5.74, 6) is 0.605. The van der Waals surface area contributed by atoms with Crippen LogP contribution in [0.3, 0.4) is 0 Å². The first-order valence-electron chi connectivity index (χ1n) is 7.48. The van der Waals surface area contributed by atoms with Gasteiger partial charge < -0.3 is 5.32 Å². The lowest BCUT2D eigenvalue weighted by Crippen LogP contribution is -2.22. The summed E-state index contributed by atoms with van der Waals surface area (Å²) in [5, 5.41) is 3.61. The molecule has 1 N–H and O–H groups in total. The highest BCUT2D eigenvalue weighted by atomic mass is 32.1. The van der Waals surface area contributed by atoms with Crippen molar-refractivity contribution < 1.29 is 0 Å². The van der Waals surface area contributed by atoms with Crippen LogP contribution in [0.1, 0.15) is 53.6 Å². The largest absolute Gasteiger partial charge is 0.309 e. The first-order valence-corrected chi connectivity index (χ1v) is 8.30. The summed E-state index contributed by atoms with van der Waals surface area (Å²) < 4.78 is 0. The van der Waals surface area contributed by atoms with Crippen LogP contribution >= 0.6 is 11.3 Å². The van der Waals surface area contributed by atoms with Crippen molar-refractivity contribution in [2.45, 2.75) is 46.1 Å². The van der Waals surface area contributed by atoms with Crippen LogP contribution in [0.4, 0.5) is 0 Å². The number of benzene rings is 1. The maximum atomic E-state index is 3.61. The zero-order chi connectivity index (χ0) is 14.5. The average Bonchev–Trinajstić information content (AvgIpc) is 2.85. The second-order valence-corrected chi connectivity index (χ2v) is 6.98. The molecule has 0 spiro atoms. The fourth-order valence-corrected chi connectivity index (χ4v) is 3.39. The predicted molar refractivity (Wildman–Crippen MR) is 89.7 cm³/mol. The van der Waals surface area contributed by atoms with Crippen LogP contribution in [-0.2, 0) is 6.42 Å². The Morgan fingerprint density at radius 3 is 2.25 bits per heavy atom. The van der Waals surface area contributed by atoms with E-state index in [2.05, 4.69) is 69.4 Å². The molecule has 0 aliphatic carbocycles. The fraction of sp³-hybridized carbons (Fsp3) is 0.444. The number of hydrogen-bond acceptors (Lipinski definition) is 2. The first kappa shape index (κ1) is 15.3. The van der Waals surface area contributed by atoms with Crippen molar-refractivity contribution in [2.24, 2.45) is 0 Å². The molecule has 0 radical (unpaired) electrons. The minimum atomic E-state index is 0.434. The summed E-state index contributed by atoms with van der Waals surface area (Å²) in [6.45, 7) is 9.84. The number of rotatable bonds is 6. The van der Waals surface area contributed by atoms with Crippen LogP contribution in [0.15, 0.2) is 36.4 Å². The highest BCUT2D eigenvalue weighted by molar-refractivity contribution is 7.12. The molecule has 1 nitrogen and oxygen atoms in total. The Labute approximate surface area is 127 Å². The molecule has 1 aromatic heterocycles. The second kappa shape index (κ2) is 7.05. The molecule has 2 heteroatoms. The van der Waals surface area contributed by atoms with E-state index in [1.807, 2.05) is 11.3 Å². The monoisotopic (exact) mass is 287 g/mol. The van der Waals surface area contributed by atoms with Gasteiger partial charge in [-0.25, -0.2) is 0 Å². The molecule has 2 rings (SSSR count). The van der Waals surface area contributed by atoms with Crippen LogP contribution in [0.2, 0.25) is 0 Å². The van der Waals surface area contributed by atoms with Crippen LogP contribution in [0.25, 0.3) is 0 Å². The quantitative estimate of drug-likeness (QED) is 0.782. The molecule has 20 heavy (non-hydrogen) atoms. The Kier molecular flexibility index (Phi) is 5.38. The van der Waals surface area contributed by atoms with Crippen LogP contribution in [0.5, 0.6) is 0 Å². The van der Waals surface area contributed by atoms with Gasteiger partial charge in [0.15, 0.2) is 0 Å². The van der Waals surface area contributed by atoms with E-state index in [9.17, 15) is 0 Å². The normalized spacial score (nSPS) is 12.8. The van der Waals surface area contributed by atoms with E-state index >= 15 is 0 Å². The molecule has 108 valence electrons. The van der Waals surface area contributed by atoms with Gasteiger partial charge in [-0.1, -0.05) is 45.0 Å². The van der Waals surface area contributed by atoms with Crippen molar-refractivity contribution in [3.8, 4) is 0 Å². The molecule has 1 unspecified atom stereocenters. The van der Waals surface area contributed by atoms with Crippen molar-refractivity contribution in [1.82, 2.24) is 5.32 Å². The number of nitrogens with one attached hydrogen (secondary N) is 1. The van der Waals surface area contributed by atoms with E-state index in [-0.39, 0.29) is 0 Å². The maximum Gasteiger partial charge on any atom is 0.0455 e. The topological polar surface area (TPSA) is 12.0 Å². The van der Waals surface area contributed by atoms with Gasteiger partial charge in [0.2, 0.25) is 0 Å². The molecule has 0 fully saturated rings. The van der Waals surface area contributed by atoms with Crippen molar-refractivity contribution in [1.29, 1.82) is 0 Å². The molecule has 0 aliphatic rings. The van der Waals surface area contributed by atoms with E-state index in [1.54, 1.807) is 0 Å². The lowest BCUT2D eigenvalue weighted by atomic mass is 9.98.